The van der Waals surface area contributed by atoms with Crippen molar-refractivity contribution in [3.8, 4) is 0 Å². The summed E-state index contributed by atoms with van der Waals surface area (Å²) >= 11 is 0. The average Bonchev–Trinajstić information content (AvgIpc) is 3.12. The SMILES string of the molecule is CCCCCCC(C)(c1ccn(C(C)(C)C)c1)c1ccc(C)o1. The second-order valence-electron chi connectivity index (χ2n) is 8.03. The first-order valence-corrected chi connectivity index (χ1v) is 9.03. The molecular weight excluding hydrogens is 282 g/mol. The molecule has 23 heavy (non-hydrogen) atoms. The normalized spacial score (nSPS) is 14.9. The van der Waals surface area contributed by atoms with Crippen LogP contribution in [0.3, 0.4) is 0 Å². The van der Waals surface area contributed by atoms with Crippen molar-refractivity contribution in [3.63, 3.8) is 0 Å². The predicted octanol–water partition coefficient (Wildman–Crippen LogP) is 6.42. The van der Waals surface area contributed by atoms with E-state index in [0.717, 1.165) is 17.9 Å². The molecule has 2 heterocycles. The van der Waals surface area contributed by atoms with Gasteiger partial charge in [0.25, 0.3) is 0 Å². The van der Waals surface area contributed by atoms with Crippen molar-refractivity contribution in [2.45, 2.75) is 84.6 Å². The van der Waals surface area contributed by atoms with E-state index in [4.69, 9.17) is 4.42 Å². The standard InChI is InChI=1S/C21H33NO/c1-7-8-9-10-14-21(6,19-12-11-17(2)23-19)18-13-15-22(16-18)20(3,4)5/h11-13,15-16H,7-10,14H2,1-6H3. The molecule has 0 aliphatic rings. The Balaban J connectivity index is 2.31. The van der Waals surface area contributed by atoms with Crippen molar-refractivity contribution in [1.82, 2.24) is 4.57 Å². The van der Waals surface area contributed by atoms with Gasteiger partial charge in [-0.3, -0.25) is 0 Å². The molecule has 2 heteroatoms. The zero-order chi connectivity index (χ0) is 17.1. The van der Waals surface area contributed by atoms with Crippen LogP contribution in [0, 0.1) is 6.92 Å². The van der Waals surface area contributed by atoms with Crippen molar-refractivity contribution >= 4 is 0 Å². The molecule has 2 nitrogen and oxygen atoms in total. The van der Waals surface area contributed by atoms with Gasteiger partial charge in [-0.2, -0.15) is 0 Å². The lowest BCUT2D eigenvalue weighted by molar-refractivity contribution is 0.361. The van der Waals surface area contributed by atoms with Crippen LogP contribution < -0.4 is 0 Å². The first-order chi connectivity index (χ1) is 10.8. The molecule has 128 valence electrons. The maximum absolute atomic E-state index is 6.05. The molecular formula is C21H33NO. The lowest BCUT2D eigenvalue weighted by Gasteiger charge is -2.28. The number of aryl methyl sites for hydroxylation is 1. The second kappa shape index (κ2) is 6.98. The fraction of sp³-hybridized carbons (Fsp3) is 0.619. The van der Waals surface area contributed by atoms with Crippen LogP contribution in [-0.4, -0.2) is 4.57 Å². The van der Waals surface area contributed by atoms with E-state index in [9.17, 15) is 0 Å². The molecule has 0 amide bonds. The summed E-state index contributed by atoms with van der Waals surface area (Å²) in [6.07, 6.45) is 10.8. The summed E-state index contributed by atoms with van der Waals surface area (Å²) < 4.78 is 8.35. The Morgan fingerprint density at radius 3 is 2.26 bits per heavy atom. The molecule has 0 N–H and O–H groups in total. The third-order valence-corrected chi connectivity index (χ3v) is 4.92. The van der Waals surface area contributed by atoms with Gasteiger partial charge in [-0.15, -0.1) is 0 Å². The quantitative estimate of drug-likeness (QED) is 0.539. The number of unbranched alkanes of at least 4 members (excludes halogenated alkanes) is 3. The Labute approximate surface area is 141 Å². The van der Waals surface area contributed by atoms with Crippen LogP contribution in [0.5, 0.6) is 0 Å². The highest BCUT2D eigenvalue weighted by Crippen LogP contribution is 2.38. The number of furan rings is 1. The summed E-state index contributed by atoms with van der Waals surface area (Å²) in [6, 6.07) is 6.51. The molecule has 0 spiro atoms. The molecule has 0 aromatic carbocycles. The van der Waals surface area contributed by atoms with E-state index in [-0.39, 0.29) is 11.0 Å². The number of nitrogens with zero attached hydrogens (tertiary/aromatic N) is 1. The molecule has 0 aliphatic carbocycles. The topological polar surface area (TPSA) is 18.1 Å². The molecule has 0 saturated heterocycles. The van der Waals surface area contributed by atoms with Crippen LogP contribution in [0.4, 0.5) is 0 Å². The maximum Gasteiger partial charge on any atom is 0.114 e. The largest absolute Gasteiger partial charge is 0.465 e. The molecule has 2 rings (SSSR count). The minimum atomic E-state index is -0.0432. The van der Waals surface area contributed by atoms with Crippen LogP contribution >= 0.6 is 0 Å². The third kappa shape index (κ3) is 4.10. The fourth-order valence-electron chi connectivity index (χ4n) is 3.19. The summed E-state index contributed by atoms with van der Waals surface area (Å²) in [5.74, 6) is 2.09. The summed E-state index contributed by atoms with van der Waals surface area (Å²) in [5.41, 5.74) is 1.43. The van der Waals surface area contributed by atoms with Crippen LogP contribution in [0.25, 0.3) is 0 Å². The van der Waals surface area contributed by atoms with Crippen LogP contribution in [0.1, 0.15) is 83.8 Å². The van der Waals surface area contributed by atoms with Gasteiger partial charge in [0.05, 0.1) is 5.41 Å². The maximum atomic E-state index is 6.05. The number of hydrogen-bond donors (Lipinski definition) is 0. The van der Waals surface area contributed by atoms with Gasteiger partial charge in [0.1, 0.15) is 11.5 Å². The Morgan fingerprint density at radius 2 is 1.74 bits per heavy atom. The van der Waals surface area contributed by atoms with Crippen molar-refractivity contribution in [2.75, 3.05) is 0 Å². The molecule has 0 bridgehead atoms. The molecule has 0 fully saturated rings. The van der Waals surface area contributed by atoms with Gasteiger partial charge in [-0.25, -0.2) is 0 Å². The van der Waals surface area contributed by atoms with Gasteiger partial charge in [0.2, 0.25) is 0 Å². The highest BCUT2D eigenvalue weighted by atomic mass is 16.3. The van der Waals surface area contributed by atoms with Crippen LogP contribution in [0.15, 0.2) is 35.0 Å². The lowest BCUT2D eigenvalue weighted by atomic mass is 9.77. The van der Waals surface area contributed by atoms with Crippen LogP contribution in [0.2, 0.25) is 0 Å². The summed E-state index contributed by atoms with van der Waals surface area (Å²) in [6.45, 7) is 13.4. The second-order valence-corrected chi connectivity index (χ2v) is 8.03. The van der Waals surface area contributed by atoms with Gasteiger partial charge in [-0.1, -0.05) is 32.6 Å². The number of aromatic nitrogens is 1. The molecule has 1 atom stereocenters. The van der Waals surface area contributed by atoms with Gasteiger partial charge in [-0.05, 0) is 64.8 Å². The first kappa shape index (κ1) is 17.9. The van der Waals surface area contributed by atoms with Gasteiger partial charge in [0, 0.05) is 17.9 Å². The molecule has 0 radical (unpaired) electrons. The molecule has 1 unspecified atom stereocenters. The zero-order valence-electron chi connectivity index (χ0n) is 15.8. The van der Waals surface area contributed by atoms with Crippen molar-refractivity contribution < 1.29 is 4.42 Å². The fourth-order valence-corrected chi connectivity index (χ4v) is 3.19. The van der Waals surface area contributed by atoms with Gasteiger partial charge < -0.3 is 8.98 Å². The minimum Gasteiger partial charge on any atom is -0.465 e. The van der Waals surface area contributed by atoms with Crippen molar-refractivity contribution in [2.24, 2.45) is 0 Å². The monoisotopic (exact) mass is 315 g/mol. The first-order valence-electron chi connectivity index (χ1n) is 9.03. The predicted molar refractivity (Wildman–Crippen MR) is 98.1 cm³/mol. The third-order valence-electron chi connectivity index (χ3n) is 4.92. The zero-order valence-corrected chi connectivity index (χ0v) is 15.8. The number of rotatable bonds is 7. The van der Waals surface area contributed by atoms with Crippen LogP contribution in [-0.2, 0) is 11.0 Å². The molecule has 2 aromatic rings. The van der Waals surface area contributed by atoms with E-state index in [0.29, 0.717) is 0 Å². The Kier molecular flexibility index (Phi) is 5.44. The lowest BCUT2D eigenvalue weighted by Crippen LogP contribution is -2.24. The van der Waals surface area contributed by atoms with E-state index in [1.54, 1.807) is 0 Å². The molecule has 0 saturated carbocycles. The molecule has 2 aromatic heterocycles. The van der Waals surface area contributed by atoms with E-state index in [1.165, 1.54) is 31.2 Å². The van der Waals surface area contributed by atoms with Gasteiger partial charge in [0.15, 0.2) is 0 Å². The van der Waals surface area contributed by atoms with E-state index < -0.39 is 0 Å². The van der Waals surface area contributed by atoms with Crippen molar-refractivity contribution in [1.29, 1.82) is 0 Å². The summed E-state index contributed by atoms with van der Waals surface area (Å²) in [7, 11) is 0. The smallest absolute Gasteiger partial charge is 0.114 e. The summed E-state index contributed by atoms with van der Waals surface area (Å²) in [4.78, 5) is 0. The highest BCUT2D eigenvalue weighted by Gasteiger charge is 2.33. The molecule has 0 aliphatic heterocycles. The average molecular weight is 316 g/mol. The summed E-state index contributed by atoms with van der Waals surface area (Å²) in [5, 5.41) is 0. The minimum absolute atomic E-state index is 0.0432. The van der Waals surface area contributed by atoms with E-state index in [2.05, 4.69) is 69.8 Å². The number of hydrogen-bond acceptors (Lipinski definition) is 1. The Bertz CT molecular complexity index is 614. The Hall–Kier alpha value is -1.44. The van der Waals surface area contributed by atoms with Gasteiger partial charge >= 0.3 is 0 Å². The van der Waals surface area contributed by atoms with E-state index in [1.807, 2.05) is 6.92 Å². The highest BCUT2D eigenvalue weighted by molar-refractivity contribution is 5.33. The Morgan fingerprint density at radius 1 is 1.00 bits per heavy atom. The van der Waals surface area contributed by atoms with E-state index >= 15 is 0 Å². The van der Waals surface area contributed by atoms with Crippen molar-refractivity contribution in [3.05, 3.63) is 47.7 Å².